The lowest BCUT2D eigenvalue weighted by Crippen LogP contribution is -2.51. The fourth-order valence-corrected chi connectivity index (χ4v) is 4.85. The topological polar surface area (TPSA) is 97.3 Å². The highest BCUT2D eigenvalue weighted by Gasteiger charge is 2.31. The number of benzene rings is 1. The number of aliphatic hydroxyl groups is 1. The van der Waals surface area contributed by atoms with Gasteiger partial charge in [0, 0.05) is 24.9 Å². The van der Waals surface area contributed by atoms with E-state index in [4.69, 9.17) is 14.2 Å². The molecular weight excluding hydrogens is 484 g/mol. The average molecular weight is 523 g/mol. The second-order valence-corrected chi connectivity index (χ2v) is 9.88. The third-order valence-corrected chi connectivity index (χ3v) is 7.06. The van der Waals surface area contributed by atoms with E-state index in [0.29, 0.717) is 42.9 Å². The van der Waals surface area contributed by atoms with Crippen molar-refractivity contribution in [2.45, 2.75) is 63.5 Å². The molecular formula is C30H38N2O6. The van der Waals surface area contributed by atoms with Crippen molar-refractivity contribution in [3.05, 3.63) is 77.7 Å². The number of carbonyl (C=O) groups is 2. The number of unbranched alkanes of at least 4 members (excludes halogenated alkanes) is 1. The third-order valence-electron chi connectivity index (χ3n) is 7.06. The highest BCUT2D eigenvalue weighted by atomic mass is 16.6. The molecule has 0 spiro atoms. The number of carbonyl (C=O) groups excluding carboxylic acids is 2. The molecule has 1 aromatic rings. The number of ketones is 1. The van der Waals surface area contributed by atoms with E-state index in [2.05, 4.69) is 16.3 Å². The zero-order chi connectivity index (χ0) is 26.7. The predicted molar refractivity (Wildman–Crippen MR) is 144 cm³/mol. The molecule has 204 valence electrons. The largest absolute Gasteiger partial charge is 0.497 e. The Morgan fingerprint density at radius 1 is 1.11 bits per heavy atom. The van der Waals surface area contributed by atoms with Crippen LogP contribution < -0.4 is 10.1 Å². The molecule has 4 rings (SSSR count). The summed E-state index contributed by atoms with van der Waals surface area (Å²) in [6, 6.07) is 6.50. The molecule has 0 radical (unpaired) electrons. The Hall–Kier alpha value is -3.36. The zero-order valence-corrected chi connectivity index (χ0v) is 22.1. The van der Waals surface area contributed by atoms with Gasteiger partial charge in [0.2, 0.25) is 5.91 Å². The number of hydrogen-bond acceptors (Lipinski definition) is 7. The minimum absolute atomic E-state index is 0.0456. The van der Waals surface area contributed by atoms with Crippen LogP contribution in [0.4, 0.5) is 0 Å². The summed E-state index contributed by atoms with van der Waals surface area (Å²) in [6.07, 6.45) is 13.8. The van der Waals surface area contributed by atoms with Crippen molar-refractivity contribution in [1.82, 2.24) is 10.2 Å². The van der Waals surface area contributed by atoms with Crippen LogP contribution in [0.3, 0.4) is 0 Å². The molecule has 8 nitrogen and oxygen atoms in total. The summed E-state index contributed by atoms with van der Waals surface area (Å²) in [6.45, 7) is 2.40. The first kappa shape index (κ1) is 27.7. The van der Waals surface area contributed by atoms with E-state index < -0.39 is 12.1 Å². The van der Waals surface area contributed by atoms with Crippen LogP contribution in [0.5, 0.6) is 5.75 Å². The number of nitrogens with one attached hydrogen (secondary N) is 1. The number of hydrogen-bond donors (Lipinski definition) is 2. The Bertz CT molecular complexity index is 1080. The van der Waals surface area contributed by atoms with Gasteiger partial charge in [-0.2, -0.15) is 0 Å². The molecule has 1 aromatic carbocycles. The van der Waals surface area contributed by atoms with Gasteiger partial charge in [-0.15, -0.1) is 0 Å². The van der Waals surface area contributed by atoms with Crippen LogP contribution >= 0.6 is 0 Å². The molecule has 2 heterocycles. The van der Waals surface area contributed by atoms with Crippen LogP contribution in [0, 0.1) is 0 Å². The van der Waals surface area contributed by atoms with Gasteiger partial charge in [-0.3, -0.25) is 9.59 Å². The number of allylic oxidation sites excluding steroid dienone is 4. The van der Waals surface area contributed by atoms with Crippen molar-refractivity contribution in [2.24, 2.45) is 0 Å². The summed E-state index contributed by atoms with van der Waals surface area (Å²) in [5, 5.41) is 14.3. The first-order valence-corrected chi connectivity index (χ1v) is 13.5. The lowest BCUT2D eigenvalue weighted by Gasteiger charge is -2.30. The number of ether oxygens (including phenoxy) is 3. The number of rotatable bonds is 13. The maximum absolute atomic E-state index is 12.9. The van der Waals surface area contributed by atoms with E-state index >= 15 is 0 Å². The molecule has 38 heavy (non-hydrogen) atoms. The Kier molecular flexibility index (Phi) is 10.2. The van der Waals surface area contributed by atoms with Gasteiger partial charge < -0.3 is 29.5 Å². The fourth-order valence-electron chi connectivity index (χ4n) is 4.85. The van der Waals surface area contributed by atoms with Gasteiger partial charge in [-0.05, 0) is 81.5 Å². The van der Waals surface area contributed by atoms with Gasteiger partial charge >= 0.3 is 0 Å². The van der Waals surface area contributed by atoms with Gasteiger partial charge in [-0.25, -0.2) is 0 Å². The summed E-state index contributed by atoms with van der Waals surface area (Å²) in [7, 11) is 1.59. The van der Waals surface area contributed by atoms with Crippen LogP contribution in [0.15, 0.2) is 72.1 Å². The van der Waals surface area contributed by atoms with E-state index in [1.807, 2.05) is 12.2 Å². The quantitative estimate of drug-likeness (QED) is 0.293. The van der Waals surface area contributed by atoms with Crippen LogP contribution in [0.2, 0.25) is 0 Å². The van der Waals surface area contributed by atoms with Crippen molar-refractivity contribution < 1.29 is 28.9 Å². The number of Topliss-reactive ketones (excluding diaryl/α,β-unsaturated/α-hetero) is 1. The molecule has 2 N–H and O–H groups in total. The van der Waals surface area contributed by atoms with Crippen LogP contribution in [-0.4, -0.2) is 60.6 Å². The number of amides is 1. The van der Waals surface area contributed by atoms with Crippen molar-refractivity contribution >= 4 is 11.7 Å². The maximum atomic E-state index is 12.9. The highest BCUT2D eigenvalue weighted by molar-refractivity contribution is 5.96. The van der Waals surface area contributed by atoms with Crippen LogP contribution in [0.1, 0.15) is 61.7 Å². The Morgan fingerprint density at radius 2 is 1.87 bits per heavy atom. The summed E-state index contributed by atoms with van der Waals surface area (Å²) in [4.78, 5) is 27.5. The number of aliphatic hydroxyl groups excluding tert-OH is 1. The second kappa shape index (κ2) is 14.0. The molecule has 1 amide bonds. The maximum Gasteiger partial charge on any atom is 0.220 e. The molecule has 0 aromatic heterocycles. The van der Waals surface area contributed by atoms with Crippen LogP contribution in [-0.2, 0) is 14.3 Å². The number of nitrogens with zero attached hydrogens (tertiary/aromatic N) is 1. The predicted octanol–water partition coefficient (Wildman–Crippen LogP) is 4.39. The molecule has 8 heteroatoms. The van der Waals surface area contributed by atoms with Crippen LogP contribution in [0.25, 0.3) is 0 Å². The van der Waals surface area contributed by atoms with Crippen molar-refractivity contribution in [3.63, 3.8) is 0 Å². The first-order valence-electron chi connectivity index (χ1n) is 13.5. The molecule has 0 bridgehead atoms. The lowest BCUT2D eigenvalue weighted by atomic mass is 10.0. The van der Waals surface area contributed by atoms with Gasteiger partial charge in [-0.1, -0.05) is 18.2 Å². The van der Waals surface area contributed by atoms with Crippen molar-refractivity contribution in [2.75, 3.05) is 26.7 Å². The minimum Gasteiger partial charge on any atom is -0.497 e. The summed E-state index contributed by atoms with van der Waals surface area (Å²) in [5.41, 5.74) is 1.65. The van der Waals surface area contributed by atoms with E-state index in [9.17, 15) is 14.7 Å². The molecule has 0 saturated carbocycles. The highest BCUT2D eigenvalue weighted by Crippen LogP contribution is 2.28. The number of methoxy groups -OCH3 is 1. The Morgan fingerprint density at radius 3 is 2.58 bits per heavy atom. The van der Waals surface area contributed by atoms with Crippen molar-refractivity contribution in [1.29, 1.82) is 0 Å². The van der Waals surface area contributed by atoms with Crippen molar-refractivity contribution in [3.8, 4) is 5.75 Å². The zero-order valence-electron chi connectivity index (χ0n) is 22.1. The smallest absolute Gasteiger partial charge is 0.220 e. The summed E-state index contributed by atoms with van der Waals surface area (Å²) < 4.78 is 16.7. The Labute approximate surface area is 224 Å². The lowest BCUT2D eigenvalue weighted by molar-refractivity contribution is -0.123. The monoisotopic (exact) mass is 522 g/mol. The van der Waals surface area contributed by atoms with E-state index in [0.717, 1.165) is 44.3 Å². The van der Waals surface area contributed by atoms with E-state index in [1.54, 1.807) is 37.6 Å². The third kappa shape index (κ3) is 7.82. The van der Waals surface area contributed by atoms with Gasteiger partial charge in [0.15, 0.2) is 17.3 Å². The van der Waals surface area contributed by atoms with E-state index in [-0.39, 0.29) is 23.9 Å². The molecule has 1 aliphatic carbocycles. The minimum atomic E-state index is -1.06. The molecule has 2 atom stereocenters. The summed E-state index contributed by atoms with van der Waals surface area (Å²) >= 11 is 0. The normalized spacial score (nSPS) is 18.8. The number of likely N-dealkylation sites (tertiary alicyclic amines) is 1. The standard InChI is InChI=1S/C30H38N2O6/c1-36-24-15-13-22(14-16-24)26(33)11-5-6-12-29(34)31-25(19-32-17-7-8-18-32)30(35)28-21-37-20-27(38-28)23-9-3-2-4-10-23/h2-3,9,13-16,20-21,25,30,35H,4-8,10-12,17-19H2,1H3,(H,31,34)/t25-,30-/m1/s1. The molecule has 3 aliphatic rings. The van der Waals surface area contributed by atoms with Gasteiger partial charge in [0.05, 0.1) is 13.2 Å². The molecule has 0 unspecified atom stereocenters. The molecule has 1 saturated heterocycles. The van der Waals surface area contributed by atoms with Gasteiger partial charge in [0.1, 0.15) is 24.4 Å². The summed E-state index contributed by atoms with van der Waals surface area (Å²) in [5.74, 6) is 1.47. The molecule has 2 aliphatic heterocycles. The van der Waals surface area contributed by atoms with E-state index in [1.165, 1.54) is 6.26 Å². The fraction of sp³-hybridized carbons (Fsp3) is 0.467. The Balaban J connectivity index is 1.28. The van der Waals surface area contributed by atoms with Gasteiger partial charge in [0.25, 0.3) is 0 Å². The average Bonchev–Trinajstić information content (AvgIpc) is 3.48. The molecule has 1 fully saturated rings. The second-order valence-electron chi connectivity index (χ2n) is 9.88. The SMILES string of the molecule is COc1ccc(C(=O)CCCCC(=O)N[C@H](CN2CCCC2)[C@@H](O)C2=COC=C(C3=CC=CCC3)O2)cc1. The first-order chi connectivity index (χ1) is 18.5.